The fourth-order valence-corrected chi connectivity index (χ4v) is 1.44. The van der Waals surface area contributed by atoms with Gasteiger partial charge >= 0.3 is 6.18 Å². The van der Waals surface area contributed by atoms with Crippen LogP contribution in [0.2, 0.25) is 0 Å². The van der Waals surface area contributed by atoms with Crippen LogP contribution in [0.1, 0.15) is 18.1 Å². The first-order chi connectivity index (χ1) is 7.79. The number of amides is 1. The van der Waals surface area contributed by atoms with E-state index in [0.29, 0.717) is 12.0 Å². The Labute approximate surface area is 96.3 Å². The molecule has 0 aliphatic carbocycles. The number of carbonyl (C=O) groups excluding carboxylic acids is 1. The van der Waals surface area contributed by atoms with Gasteiger partial charge < -0.3 is 15.2 Å². The molecule has 1 unspecified atom stereocenters. The zero-order chi connectivity index (χ0) is 13.1. The molecule has 94 valence electrons. The molecule has 1 N–H and O–H groups in total. The topological polar surface area (TPSA) is 52.2 Å². The van der Waals surface area contributed by atoms with E-state index in [9.17, 15) is 23.1 Å². The number of hydrogen-bond donors (Lipinski definition) is 1. The summed E-state index contributed by atoms with van der Waals surface area (Å²) in [6, 6.07) is 4.20. The molecular weight excluding hydrogens is 235 g/mol. The zero-order valence-electron chi connectivity index (χ0n) is 9.04. The van der Waals surface area contributed by atoms with Crippen LogP contribution in [-0.4, -0.2) is 12.1 Å². The Morgan fingerprint density at radius 3 is 2.29 bits per heavy atom. The lowest BCUT2D eigenvalue weighted by Gasteiger charge is -2.15. The summed E-state index contributed by atoms with van der Waals surface area (Å²) < 4.78 is 36.8. The predicted octanol–water partition coefficient (Wildman–Crippen LogP) is 1.57. The van der Waals surface area contributed by atoms with E-state index in [4.69, 9.17) is 0 Å². The Hall–Kier alpha value is -1.72. The first-order valence-corrected chi connectivity index (χ1v) is 4.92. The highest BCUT2D eigenvalue weighted by atomic mass is 19.4. The van der Waals surface area contributed by atoms with Crippen molar-refractivity contribution in [3.05, 3.63) is 35.4 Å². The van der Waals surface area contributed by atoms with Crippen LogP contribution in [0, 0.1) is 0 Å². The normalized spacial score (nSPS) is 13.2. The van der Waals surface area contributed by atoms with Crippen molar-refractivity contribution in [3.63, 3.8) is 0 Å². The number of halogens is 3. The van der Waals surface area contributed by atoms with E-state index in [-0.39, 0.29) is 0 Å². The molecule has 1 atom stereocenters. The van der Waals surface area contributed by atoms with Gasteiger partial charge in [0.2, 0.25) is 0 Å². The molecule has 0 saturated carbocycles. The molecule has 0 bridgehead atoms. The van der Waals surface area contributed by atoms with E-state index in [1.54, 1.807) is 6.92 Å². The largest absolute Gasteiger partial charge is 0.530 e. The highest BCUT2D eigenvalue weighted by Gasteiger charge is 2.29. The minimum Gasteiger partial charge on any atom is -0.530 e. The summed E-state index contributed by atoms with van der Waals surface area (Å²) >= 11 is 0. The third-order valence-corrected chi connectivity index (χ3v) is 2.19. The van der Waals surface area contributed by atoms with Crippen LogP contribution in [0.5, 0.6) is 0 Å². The van der Waals surface area contributed by atoms with Gasteiger partial charge in [-0.05, 0) is 31.0 Å². The molecule has 1 aromatic rings. The maximum Gasteiger partial charge on any atom is 0.416 e. The maximum atomic E-state index is 12.3. The second-order valence-corrected chi connectivity index (χ2v) is 3.73. The van der Waals surface area contributed by atoms with E-state index >= 15 is 0 Å². The highest BCUT2D eigenvalue weighted by Crippen LogP contribution is 2.29. The van der Waals surface area contributed by atoms with Crippen molar-refractivity contribution in [2.75, 3.05) is 0 Å². The number of alkyl halides is 3. The average Bonchev–Trinajstić information content (AvgIpc) is 2.15. The number of benzene rings is 1. The fraction of sp³-hybridized carbons (Fsp3) is 0.364. The molecule has 0 aliphatic heterocycles. The van der Waals surface area contributed by atoms with Crippen molar-refractivity contribution >= 4 is 6.09 Å². The van der Waals surface area contributed by atoms with Crippen LogP contribution in [0.3, 0.4) is 0 Å². The minimum atomic E-state index is -4.35. The Kier molecular flexibility index (Phi) is 3.98. The monoisotopic (exact) mass is 246 g/mol. The molecule has 1 amide bonds. The Morgan fingerprint density at radius 1 is 1.35 bits per heavy atom. The predicted molar refractivity (Wildman–Crippen MR) is 53.1 cm³/mol. The van der Waals surface area contributed by atoms with Crippen molar-refractivity contribution in [1.29, 1.82) is 0 Å². The van der Waals surface area contributed by atoms with E-state index < -0.39 is 23.9 Å². The number of carboxylic acid groups (broad SMARTS) is 1. The van der Waals surface area contributed by atoms with Crippen molar-refractivity contribution < 1.29 is 23.1 Å². The SMILES string of the molecule is CC(Cc1ccc(C(F)(F)F)cc1)NC(=O)[O-]. The van der Waals surface area contributed by atoms with Crippen molar-refractivity contribution in [2.45, 2.75) is 25.6 Å². The van der Waals surface area contributed by atoms with E-state index in [2.05, 4.69) is 5.32 Å². The van der Waals surface area contributed by atoms with Gasteiger partial charge in [0.25, 0.3) is 0 Å². The average molecular weight is 246 g/mol. The van der Waals surface area contributed by atoms with Gasteiger partial charge in [0.05, 0.1) is 5.56 Å². The number of carbonyl (C=O) groups is 1. The van der Waals surface area contributed by atoms with Gasteiger partial charge in [-0.25, -0.2) is 0 Å². The van der Waals surface area contributed by atoms with Crippen molar-refractivity contribution in [1.82, 2.24) is 5.32 Å². The summed E-state index contributed by atoms with van der Waals surface area (Å²) in [5.41, 5.74) is -0.0963. The molecule has 0 aliphatic rings. The van der Waals surface area contributed by atoms with Gasteiger partial charge in [-0.1, -0.05) is 12.1 Å². The number of nitrogens with one attached hydrogen (secondary N) is 1. The van der Waals surface area contributed by atoms with Crippen LogP contribution in [0.25, 0.3) is 0 Å². The van der Waals surface area contributed by atoms with Gasteiger partial charge in [0.1, 0.15) is 6.09 Å². The Balaban J connectivity index is 2.66. The quantitative estimate of drug-likeness (QED) is 0.880. The molecule has 1 rings (SSSR count). The van der Waals surface area contributed by atoms with Gasteiger partial charge in [0.15, 0.2) is 0 Å². The molecule has 3 nitrogen and oxygen atoms in total. The molecule has 0 saturated heterocycles. The van der Waals surface area contributed by atoms with Crippen LogP contribution >= 0.6 is 0 Å². The number of hydrogen-bond acceptors (Lipinski definition) is 2. The molecule has 0 heterocycles. The van der Waals surface area contributed by atoms with E-state index in [0.717, 1.165) is 12.1 Å². The zero-order valence-corrected chi connectivity index (χ0v) is 9.04. The summed E-state index contributed by atoms with van der Waals surface area (Å²) in [4.78, 5) is 10.2. The van der Waals surface area contributed by atoms with Crippen LogP contribution < -0.4 is 10.4 Å². The third kappa shape index (κ3) is 4.34. The second kappa shape index (κ2) is 5.07. The standard InChI is InChI=1S/C11H12F3NO2/c1-7(15-10(16)17)6-8-2-4-9(5-3-8)11(12,13)14/h2-5,7,15H,6H2,1H3,(H,16,17)/p-1. The first kappa shape index (κ1) is 13.3. The van der Waals surface area contributed by atoms with E-state index in [1.165, 1.54) is 12.1 Å². The molecule has 0 aromatic heterocycles. The molecule has 0 radical (unpaired) electrons. The van der Waals surface area contributed by atoms with Crippen molar-refractivity contribution in [2.24, 2.45) is 0 Å². The van der Waals surface area contributed by atoms with Crippen molar-refractivity contribution in [3.8, 4) is 0 Å². The summed E-state index contributed by atoms with van der Waals surface area (Å²) in [6.07, 6.45) is -5.44. The molecule has 1 aromatic carbocycles. The molecular formula is C11H11F3NO2-. The smallest absolute Gasteiger partial charge is 0.416 e. The lowest BCUT2D eigenvalue weighted by atomic mass is 10.1. The Morgan fingerprint density at radius 2 is 1.88 bits per heavy atom. The van der Waals surface area contributed by atoms with E-state index in [1.807, 2.05) is 0 Å². The number of rotatable bonds is 3. The summed E-state index contributed by atoms with van der Waals surface area (Å²) in [5, 5.41) is 12.3. The third-order valence-electron chi connectivity index (χ3n) is 2.19. The second-order valence-electron chi connectivity index (χ2n) is 3.73. The Bertz CT molecular complexity index is 387. The first-order valence-electron chi connectivity index (χ1n) is 4.92. The van der Waals surface area contributed by atoms with Gasteiger partial charge in [-0.2, -0.15) is 13.2 Å². The fourth-order valence-electron chi connectivity index (χ4n) is 1.44. The van der Waals surface area contributed by atoms with Crippen LogP contribution in [-0.2, 0) is 12.6 Å². The molecule has 17 heavy (non-hydrogen) atoms. The summed E-state index contributed by atoms with van der Waals surface area (Å²) in [7, 11) is 0. The van der Waals surface area contributed by atoms with Gasteiger partial charge in [0, 0.05) is 6.04 Å². The highest BCUT2D eigenvalue weighted by molar-refractivity contribution is 5.62. The molecule has 0 fully saturated rings. The van der Waals surface area contributed by atoms with Crippen LogP contribution in [0.15, 0.2) is 24.3 Å². The lowest BCUT2D eigenvalue weighted by Crippen LogP contribution is -2.42. The van der Waals surface area contributed by atoms with Gasteiger partial charge in [-0.3, -0.25) is 0 Å². The maximum absolute atomic E-state index is 12.3. The van der Waals surface area contributed by atoms with Crippen LogP contribution in [0.4, 0.5) is 18.0 Å². The summed E-state index contributed by atoms with van der Waals surface area (Å²) in [5.74, 6) is 0. The summed E-state index contributed by atoms with van der Waals surface area (Å²) in [6.45, 7) is 1.60. The molecule has 0 spiro atoms. The minimum absolute atomic E-state index is 0.312. The molecule has 6 heteroatoms. The lowest BCUT2D eigenvalue weighted by molar-refractivity contribution is -0.251. The van der Waals surface area contributed by atoms with Gasteiger partial charge in [-0.15, -0.1) is 0 Å².